The first-order chi connectivity index (χ1) is 15.1. The number of nitrogens with zero attached hydrogens (tertiary/aromatic N) is 3. The van der Waals surface area contributed by atoms with E-state index in [0.29, 0.717) is 60.6 Å². The average Bonchev–Trinajstić information content (AvgIpc) is 3.45. The Hall–Kier alpha value is -3.10. The van der Waals surface area contributed by atoms with Crippen molar-refractivity contribution in [3.63, 3.8) is 0 Å². The number of hydrogen-bond donors (Lipinski definition) is 1. The molecule has 0 aliphatic carbocycles. The standard InChI is InChI=1S/C22H20ClFN4O3/c23-17-10-16(24)3-1-15(17)12-27-5-7-28(8-6-27)22(29)19-11-18(25-26-19)14-2-4-20-21(9-14)31-13-30-20/h1-4,9-11H,5-8,12-13H2,(H,25,26). The third kappa shape index (κ3) is 4.08. The molecule has 2 aliphatic rings. The largest absolute Gasteiger partial charge is 0.454 e. The van der Waals surface area contributed by atoms with Gasteiger partial charge in [-0.15, -0.1) is 0 Å². The molecule has 160 valence electrons. The van der Waals surface area contributed by atoms with Gasteiger partial charge in [-0.2, -0.15) is 5.10 Å². The predicted octanol–water partition coefficient (Wildman–Crippen LogP) is 3.56. The van der Waals surface area contributed by atoms with Crippen LogP contribution in [0.4, 0.5) is 4.39 Å². The van der Waals surface area contributed by atoms with E-state index in [1.165, 1.54) is 12.1 Å². The molecule has 5 rings (SSSR count). The summed E-state index contributed by atoms with van der Waals surface area (Å²) in [5.74, 6) is 0.948. The summed E-state index contributed by atoms with van der Waals surface area (Å²) in [6.07, 6.45) is 0. The van der Waals surface area contributed by atoms with E-state index in [4.69, 9.17) is 21.1 Å². The van der Waals surface area contributed by atoms with Crippen LogP contribution in [0.5, 0.6) is 11.5 Å². The summed E-state index contributed by atoms with van der Waals surface area (Å²) >= 11 is 6.13. The number of aromatic nitrogens is 2. The fraction of sp³-hybridized carbons (Fsp3) is 0.273. The summed E-state index contributed by atoms with van der Waals surface area (Å²) in [6.45, 7) is 3.44. The Morgan fingerprint density at radius 3 is 2.68 bits per heavy atom. The van der Waals surface area contributed by atoms with Crippen LogP contribution in [-0.2, 0) is 6.54 Å². The van der Waals surface area contributed by atoms with Crippen LogP contribution in [0.1, 0.15) is 16.1 Å². The van der Waals surface area contributed by atoms with Crippen molar-refractivity contribution in [1.29, 1.82) is 0 Å². The highest BCUT2D eigenvalue weighted by atomic mass is 35.5. The maximum atomic E-state index is 13.2. The maximum Gasteiger partial charge on any atom is 0.271 e. The first-order valence-corrected chi connectivity index (χ1v) is 10.4. The van der Waals surface area contributed by atoms with Gasteiger partial charge in [0.15, 0.2) is 11.5 Å². The molecule has 2 aromatic carbocycles. The van der Waals surface area contributed by atoms with E-state index < -0.39 is 0 Å². The molecule has 0 unspecified atom stereocenters. The number of aromatic amines is 1. The van der Waals surface area contributed by atoms with Gasteiger partial charge in [0.05, 0.1) is 5.69 Å². The molecular formula is C22H20ClFN4O3. The Kier molecular flexibility index (Phi) is 5.25. The molecule has 1 aromatic heterocycles. The molecule has 1 N–H and O–H groups in total. The molecule has 0 saturated carbocycles. The number of halogens is 2. The lowest BCUT2D eigenvalue weighted by molar-refractivity contribution is 0.0622. The highest BCUT2D eigenvalue weighted by Gasteiger charge is 2.24. The molecule has 1 fully saturated rings. The first kappa shape index (κ1) is 19.8. The predicted molar refractivity (Wildman–Crippen MR) is 113 cm³/mol. The lowest BCUT2D eigenvalue weighted by atomic mass is 10.1. The van der Waals surface area contributed by atoms with Crippen molar-refractivity contribution in [1.82, 2.24) is 20.0 Å². The van der Waals surface area contributed by atoms with Crippen LogP contribution in [0.15, 0.2) is 42.5 Å². The van der Waals surface area contributed by atoms with Gasteiger partial charge in [0.2, 0.25) is 6.79 Å². The Labute approximate surface area is 183 Å². The Bertz CT molecular complexity index is 1130. The Balaban J connectivity index is 1.21. The zero-order valence-corrected chi connectivity index (χ0v) is 17.4. The van der Waals surface area contributed by atoms with E-state index in [9.17, 15) is 9.18 Å². The highest BCUT2D eigenvalue weighted by molar-refractivity contribution is 6.31. The summed E-state index contributed by atoms with van der Waals surface area (Å²) in [5, 5.41) is 7.57. The summed E-state index contributed by atoms with van der Waals surface area (Å²) < 4.78 is 24.0. The third-order valence-electron chi connectivity index (χ3n) is 5.55. The van der Waals surface area contributed by atoms with E-state index in [-0.39, 0.29) is 18.5 Å². The summed E-state index contributed by atoms with van der Waals surface area (Å²) in [4.78, 5) is 16.9. The van der Waals surface area contributed by atoms with Crippen molar-refractivity contribution in [2.24, 2.45) is 0 Å². The van der Waals surface area contributed by atoms with Gasteiger partial charge >= 0.3 is 0 Å². The zero-order chi connectivity index (χ0) is 21.4. The van der Waals surface area contributed by atoms with E-state index in [0.717, 1.165) is 11.1 Å². The van der Waals surface area contributed by atoms with Crippen molar-refractivity contribution in [3.8, 4) is 22.8 Å². The van der Waals surface area contributed by atoms with Crippen molar-refractivity contribution >= 4 is 17.5 Å². The molecule has 0 spiro atoms. The molecule has 0 radical (unpaired) electrons. The number of carbonyl (C=O) groups excluding carboxylic acids is 1. The molecular weight excluding hydrogens is 423 g/mol. The van der Waals surface area contributed by atoms with E-state index >= 15 is 0 Å². The molecule has 7 nitrogen and oxygen atoms in total. The van der Waals surface area contributed by atoms with Gasteiger partial charge in [-0.3, -0.25) is 14.8 Å². The molecule has 1 saturated heterocycles. The van der Waals surface area contributed by atoms with Gasteiger partial charge in [0, 0.05) is 43.3 Å². The summed E-state index contributed by atoms with van der Waals surface area (Å²) in [7, 11) is 0. The molecule has 31 heavy (non-hydrogen) atoms. The quantitative estimate of drug-likeness (QED) is 0.669. The minimum atomic E-state index is -0.344. The minimum Gasteiger partial charge on any atom is -0.454 e. The second-order valence-electron chi connectivity index (χ2n) is 7.54. The van der Waals surface area contributed by atoms with Gasteiger partial charge in [-0.1, -0.05) is 17.7 Å². The SMILES string of the molecule is O=C(c1cc(-c2ccc3c(c2)OCO3)n[nH]1)N1CCN(Cc2ccc(F)cc2Cl)CC1. The second kappa shape index (κ2) is 8.20. The second-order valence-corrected chi connectivity index (χ2v) is 7.95. The smallest absolute Gasteiger partial charge is 0.271 e. The van der Waals surface area contributed by atoms with Crippen molar-refractivity contribution in [2.75, 3.05) is 33.0 Å². The van der Waals surface area contributed by atoms with Crippen LogP contribution >= 0.6 is 11.6 Å². The number of piperazine rings is 1. The number of hydrogen-bond acceptors (Lipinski definition) is 5. The topological polar surface area (TPSA) is 70.7 Å². The van der Waals surface area contributed by atoms with Crippen LogP contribution in [0.2, 0.25) is 5.02 Å². The van der Waals surface area contributed by atoms with Gasteiger partial charge in [-0.25, -0.2) is 4.39 Å². The van der Waals surface area contributed by atoms with E-state index in [1.807, 2.05) is 18.2 Å². The Morgan fingerprint density at radius 1 is 1.06 bits per heavy atom. The molecule has 2 aliphatic heterocycles. The zero-order valence-electron chi connectivity index (χ0n) is 16.6. The molecule has 0 bridgehead atoms. The lowest BCUT2D eigenvalue weighted by Crippen LogP contribution is -2.48. The number of H-pyrrole nitrogens is 1. The van der Waals surface area contributed by atoms with Crippen LogP contribution < -0.4 is 9.47 Å². The first-order valence-electron chi connectivity index (χ1n) is 9.98. The van der Waals surface area contributed by atoms with Gasteiger partial charge in [-0.05, 0) is 42.0 Å². The normalized spacial score (nSPS) is 16.0. The molecule has 9 heteroatoms. The average molecular weight is 443 g/mol. The lowest BCUT2D eigenvalue weighted by Gasteiger charge is -2.34. The summed E-state index contributed by atoms with van der Waals surface area (Å²) in [5.41, 5.74) is 2.85. The maximum absolute atomic E-state index is 13.2. The molecule has 1 amide bonds. The molecule has 3 aromatic rings. The van der Waals surface area contributed by atoms with Gasteiger partial charge in [0.1, 0.15) is 11.5 Å². The highest BCUT2D eigenvalue weighted by Crippen LogP contribution is 2.35. The molecule has 0 atom stereocenters. The number of fused-ring (bicyclic) bond motifs is 1. The van der Waals surface area contributed by atoms with Crippen molar-refractivity contribution in [2.45, 2.75) is 6.54 Å². The van der Waals surface area contributed by atoms with Crippen molar-refractivity contribution in [3.05, 3.63) is 64.6 Å². The number of carbonyl (C=O) groups is 1. The van der Waals surface area contributed by atoms with E-state index in [1.54, 1.807) is 17.0 Å². The van der Waals surface area contributed by atoms with E-state index in [2.05, 4.69) is 15.1 Å². The third-order valence-corrected chi connectivity index (χ3v) is 5.90. The number of rotatable bonds is 4. The summed E-state index contributed by atoms with van der Waals surface area (Å²) in [6, 6.07) is 11.8. The van der Waals surface area contributed by atoms with Gasteiger partial charge in [0.25, 0.3) is 5.91 Å². The van der Waals surface area contributed by atoms with Crippen LogP contribution in [-0.4, -0.2) is 58.9 Å². The Morgan fingerprint density at radius 2 is 1.87 bits per heavy atom. The van der Waals surface area contributed by atoms with Gasteiger partial charge < -0.3 is 14.4 Å². The van der Waals surface area contributed by atoms with Crippen LogP contribution in [0, 0.1) is 5.82 Å². The van der Waals surface area contributed by atoms with Crippen LogP contribution in [0.25, 0.3) is 11.3 Å². The number of benzene rings is 2. The minimum absolute atomic E-state index is 0.0843. The fourth-order valence-electron chi connectivity index (χ4n) is 3.81. The number of ether oxygens (including phenoxy) is 2. The van der Waals surface area contributed by atoms with Crippen LogP contribution in [0.3, 0.4) is 0 Å². The molecule has 3 heterocycles. The van der Waals surface area contributed by atoms with Crippen molar-refractivity contribution < 1.29 is 18.7 Å². The number of amides is 1. The monoisotopic (exact) mass is 442 g/mol. The number of nitrogens with one attached hydrogen (secondary N) is 1. The fourth-order valence-corrected chi connectivity index (χ4v) is 4.03.